The number of guanidine groups is 1. The first-order valence-corrected chi connectivity index (χ1v) is 6.69. The molecule has 0 heterocycles. The molecule has 0 aliphatic heterocycles. The summed E-state index contributed by atoms with van der Waals surface area (Å²) in [6.07, 6.45) is 0. The van der Waals surface area contributed by atoms with Crippen LogP contribution in [-0.2, 0) is 13.9 Å². The van der Waals surface area contributed by atoms with Crippen LogP contribution in [0.2, 0.25) is 0 Å². The molecular formula is C4H9Ca3N3O10P2. The number of carboxylic acid groups (broad SMARTS) is 1. The third kappa shape index (κ3) is 93.2. The van der Waals surface area contributed by atoms with Crippen LogP contribution in [0, 0.1) is 5.41 Å². The molecule has 116 valence electrons. The Kier molecular flexibility index (Phi) is 36.2. The van der Waals surface area contributed by atoms with Crippen LogP contribution < -0.4 is 35.1 Å². The molecule has 0 unspecified atom stereocenters. The summed E-state index contributed by atoms with van der Waals surface area (Å²) in [7, 11) is -9.34. The minimum Gasteiger partial charge on any atom is -0.822 e. The van der Waals surface area contributed by atoms with Gasteiger partial charge in [0.2, 0.25) is 0 Å². The van der Waals surface area contributed by atoms with E-state index in [2.05, 4.69) is 0 Å². The van der Waals surface area contributed by atoms with E-state index in [-0.39, 0.29) is 126 Å². The largest absolute Gasteiger partial charge is 2.00 e. The smallest absolute Gasteiger partial charge is 0.822 e. The van der Waals surface area contributed by atoms with Crippen molar-refractivity contribution in [2.75, 3.05) is 13.6 Å². The zero-order chi connectivity index (χ0) is 16.4. The van der Waals surface area contributed by atoms with Crippen molar-refractivity contribution >= 4 is 141 Å². The van der Waals surface area contributed by atoms with Crippen LogP contribution >= 0.6 is 15.6 Å². The Balaban J connectivity index is -0.0000000434. The summed E-state index contributed by atoms with van der Waals surface area (Å²) >= 11 is 0. The fraction of sp³-hybridized carbons (Fsp3) is 0.500. The van der Waals surface area contributed by atoms with E-state index in [9.17, 15) is 4.79 Å². The SMILES string of the molecule is CN(CC(=O)O)C(=N)N.O=P([O-])([O-])[O-].O=P([O-])([O-])[O-].[Ca+2].[Ca+2].[Ca+2]. The number of aliphatic carboxylic acids is 1. The first kappa shape index (κ1) is 39.7. The summed E-state index contributed by atoms with van der Waals surface area (Å²) < 4.78 is 17.1. The Labute approximate surface area is 215 Å². The van der Waals surface area contributed by atoms with Gasteiger partial charge >= 0.3 is 119 Å². The fourth-order valence-electron chi connectivity index (χ4n) is 0.288. The normalized spacial score (nSPS) is 8.86. The molecule has 0 aromatic rings. The van der Waals surface area contributed by atoms with Gasteiger partial charge in [0.25, 0.3) is 0 Å². The summed E-state index contributed by atoms with van der Waals surface area (Å²) in [5.41, 5.74) is 4.93. The van der Waals surface area contributed by atoms with Crippen LogP contribution in [0.25, 0.3) is 0 Å². The van der Waals surface area contributed by atoms with Crippen LogP contribution in [-0.4, -0.2) is 149 Å². The van der Waals surface area contributed by atoms with E-state index in [1.807, 2.05) is 0 Å². The van der Waals surface area contributed by atoms with Gasteiger partial charge in [0.15, 0.2) is 5.96 Å². The minimum atomic E-state index is -5.39. The number of likely N-dealkylation sites (N-methyl/N-ethyl adjacent to an activating group) is 1. The third-order valence-corrected chi connectivity index (χ3v) is 0.784. The molecule has 0 radical (unpaired) electrons. The van der Waals surface area contributed by atoms with Crippen molar-refractivity contribution in [2.45, 2.75) is 0 Å². The molecule has 0 spiro atoms. The number of hydrogen-bond acceptors (Lipinski definition) is 10. The van der Waals surface area contributed by atoms with Gasteiger partial charge in [-0.05, 0) is 0 Å². The van der Waals surface area contributed by atoms with Gasteiger partial charge in [-0.3, -0.25) is 10.2 Å². The Morgan fingerprint density at radius 1 is 1.05 bits per heavy atom. The van der Waals surface area contributed by atoms with Crippen LogP contribution in [0.1, 0.15) is 0 Å². The van der Waals surface area contributed by atoms with Gasteiger partial charge in [0, 0.05) is 7.05 Å². The van der Waals surface area contributed by atoms with E-state index in [4.69, 9.17) is 54.7 Å². The summed E-state index contributed by atoms with van der Waals surface area (Å²) in [4.78, 5) is 62.3. The third-order valence-electron chi connectivity index (χ3n) is 0.784. The van der Waals surface area contributed by atoms with Gasteiger partial charge in [-0.2, -0.15) is 15.6 Å². The van der Waals surface area contributed by atoms with Crippen LogP contribution in [0.15, 0.2) is 0 Å². The molecule has 0 saturated carbocycles. The predicted octanol–water partition coefficient (Wildman–Crippen LogP) is -7.90. The van der Waals surface area contributed by atoms with Crippen molar-refractivity contribution in [1.29, 1.82) is 5.41 Å². The number of phosphoric acid groups is 2. The molecule has 0 bridgehead atoms. The second kappa shape index (κ2) is 20.1. The zero-order valence-electron chi connectivity index (χ0n) is 11.4. The molecule has 22 heavy (non-hydrogen) atoms. The number of hydrogen-bond donors (Lipinski definition) is 3. The van der Waals surface area contributed by atoms with Crippen LogP contribution in [0.3, 0.4) is 0 Å². The maximum atomic E-state index is 9.92. The molecule has 0 aliphatic carbocycles. The zero-order valence-corrected chi connectivity index (χ0v) is 19.8. The van der Waals surface area contributed by atoms with Crippen molar-refractivity contribution in [1.82, 2.24) is 4.90 Å². The van der Waals surface area contributed by atoms with E-state index >= 15 is 0 Å². The van der Waals surface area contributed by atoms with Crippen molar-refractivity contribution in [3.05, 3.63) is 0 Å². The maximum Gasteiger partial charge on any atom is 2.00 e. The van der Waals surface area contributed by atoms with Crippen molar-refractivity contribution < 1.29 is 48.4 Å². The number of nitrogens with one attached hydrogen (secondary N) is 1. The first-order chi connectivity index (χ1) is 8.04. The van der Waals surface area contributed by atoms with E-state index in [1.54, 1.807) is 0 Å². The topological polar surface area (TPSA) is 263 Å². The monoisotopic (exact) mass is 441 g/mol. The van der Waals surface area contributed by atoms with Gasteiger partial charge in [-0.15, -0.1) is 0 Å². The molecule has 0 saturated heterocycles. The van der Waals surface area contributed by atoms with Gasteiger partial charge in [0.05, 0.1) is 0 Å². The molecule has 0 atom stereocenters. The van der Waals surface area contributed by atoms with Crippen molar-refractivity contribution in [2.24, 2.45) is 5.73 Å². The minimum absolute atomic E-state index is 0. The van der Waals surface area contributed by atoms with Gasteiger partial charge < -0.3 is 54.2 Å². The van der Waals surface area contributed by atoms with E-state index in [1.165, 1.54) is 7.05 Å². The van der Waals surface area contributed by atoms with Crippen molar-refractivity contribution in [3.63, 3.8) is 0 Å². The Morgan fingerprint density at radius 3 is 1.27 bits per heavy atom. The average Bonchev–Trinajstić information content (AvgIpc) is 1.94. The summed E-state index contributed by atoms with van der Waals surface area (Å²) in [5.74, 6) is -1.23. The standard InChI is InChI=1S/C4H9N3O2.3Ca.2H3O4P/c1-7(4(5)6)2-3(8)9;;;;2*1-5(2,3)4/h2H2,1H3,(H3,5,6)(H,8,9);;;;2*(H3,1,2,3,4)/q;3*+2;;/p-6. The van der Waals surface area contributed by atoms with Gasteiger partial charge in [0.1, 0.15) is 6.54 Å². The maximum absolute atomic E-state index is 9.92. The Bertz CT molecular complexity index is 349. The van der Waals surface area contributed by atoms with Crippen LogP contribution in [0.4, 0.5) is 0 Å². The Morgan fingerprint density at radius 2 is 1.23 bits per heavy atom. The number of nitrogens with zero attached hydrogens (tertiary/aromatic N) is 1. The van der Waals surface area contributed by atoms with Crippen molar-refractivity contribution in [3.8, 4) is 0 Å². The molecule has 18 heteroatoms. The van der Waals surface area contributed by atoms with E-state index in [0.29, 0.717) is 0 Å². The first-order valence-electron chi connectivity index (χ1n) is 3.77. The molecule has 0 aliphatic rings. The summed E-state index contributed by atoms with van der Waals surface area (Å²) in [6.45, 7) is -0.227. The number of rotatable bonds is 2. The molecular weight excluding hydrogens is 432 g/mol. The quantitative estimate of drug-likeness (QED) is 0.156. The van der Waals surface area contributed by atoms with Gasteiger partial charge in [-0.1, -0.05) is 0 Å². The van der Waals surface area contributed by atoms with E-state index in [0.717, 1.165) is 4.90 Å². The summed E-state index contributed by atoms with van der Waals surface area (Å²) in [6, 6.07) is 0. The molecule has 0 amide bonds. The summed E-state index contributed by atoms with van der Waals surface area (Å²) in [5, 5.41) is 14.9. The van der Waals surface area contributed by atoms with Crippen LogP contribution in [0.5, 0.6) is 0 Å². The molecule has 0 fully saturated rings. The fourth-order valence-corrected chi connectivity index (χ4v) is 0.288. The van der Waals surface area contributed by atoms with E-state index < -0.39 is 21.6 Å². The molecule has 0 aromatic heterocycles. The number of carboxylic acids is 1. The molecule has 0 aromatic carbocycles. The second-order valence-corrected chi connectivity index (χ2v) is 4.32. The Hall–Kier alpha value is 2.74. The molecule has 13 nitrogen and oxygen atoms in total. The van der Waals surface area contributed by atoms with Gasteiger partial charge in [-0.25, -0.2) is 0 Å². The molecule has 4 N–H and O–H groups in total. The predicted molar refractivity (Wildman–Crippen MR) is 64.7 cm³/mol. The average molecular weight is 441 g/mol. The number of carbonyl (C=O) groups is 1. The second-order valence-electron chi connectivity index (χ2n) is 2.53. The molecule has 0 rings (SSSR count). The number of nitrogens with two attached hydrogens (primary N) is 1.